The van der Waals surface area contributed by atoms with E-state index in [4.69, 9.17) is 0 Å². The van der Waals surface area contributed by atoms with Crippen molar-refractivity contribution in [2.75, 3.05) is 0 Å². The average molecular weight is 111 g/mol. The molecule has 0 aromatic heterocycles. The Balaban J connectivity index is 2.25. The molecule has 0 spiro atoms. The Morgan fingerprint density at radius 3 is 3.38 bits per heavy atom. The maximum absolute atomic E-state index is 4.58. The molecule has 1 aliphatic rings. The van der Waals surface area contributed by atoms with Crippen LogP contribution in [0.1, 0.15) is 6.42 Å². The maximum Gasteiger partial charge on any atom is 0.198 e. The van der Waals surface area contributed by atoms with Crippen LogP contribution in [-0.2, 0) is 4.84 Å². The molecule has 0 fully saturated rings. The highest BCUT2D eigenvalue weighted by Gasteiger charge is 2.08. The van der Waals surface area contributed by atoms with Gasteiger partial charge < -0.3 is 4.84 Å². The molecule has 8 heavy (non-hydrogen) atoms. The van der Waals surface area contributed by atoms with Gasteiger partial charge in [-0.3, -0.25) is 0 Å². The van der Waals surface area contributed by atoms with Crippen LogP contribution >= 0.6 is 0 Å². The summed E-state index contributed by atoms with van der Waals surface area (Å²) in [7, 11) is 0. The summed E-state index contributed by atoms with van der Waals surface area (Å²) in [4.78, 5) is 8.40. The molecule has 0 unspecified atom stereocenters. The first kappa shape index (κ1) is 5.31. The van der Waals surface area contributed by atoms with Gasteiger partial charge in [0.25, 0.3) is 0 Å². The van der Waals surface area contributed by atoms with Gasteiger partial charge in [-0.15, -0.1) is 12.1 Å². The van der Waals surface area contributed by atoms with Crippen LogP contribution in [0, 0.1) is 6.17 Å². The number of hydrogen-bond donors (Lipinski definition) is 1. The van der Waals surface area contributed by atoms with Gasteiger partial charge >= 0.3 is 0 Å². The van der Waals surface area contributed by atoms with E-state index in [1.165, 1.54) is 6.40 Å². The van der Waals surface area contributed by atoms with Crippen LogP contribution in [0.2, 0.25) is 0 Å². The molecule has 1 radical (unpaired) electrons. The first-order chi connectivity index (χ1) is 3.93. The predicted molar refractivity (Wildman–Crippen MR) is 30.8 cm³/mol. The SMILES string of the molecule is C=CC[C]1N=CON1. The minimum absolute atomic E-state index is 0.733. The van der Waals surface area contributed by atoms with Crippen molar-refractivity contribution in [1.82, 2.24) is 5.48 Å². The Hall–Kier alpha value is -0.830. The molecule has 3 heteroatoms. The summed E-state index contributed by atoms with van der Waals surface area (Å²) in [5.41, 5.74) is 2.58. The molecule has 0 aliphatic carbocycles. The zero-order valence-corrected chi connectivity index (χ0v) is 4.42. The summed E-state index contributed by atoms with van der Waals surface area (Å²) in [6.07, 6.45) is 4.66. The molecule has 1 N–H and O–H groups in total. The highest BCUT2D eigenvalue weighted by molar-refractivity contribution is 5.49. The van der Waals surface area contributed by atoms with Gasteiger partial charge in [0, 0.05) is 6.42 Å². The second kappa shape index (κ2) is 2.47. The van der Waals surface area contributed by atoms with Crippen molar-refractivity contribution in [2.24, 2.45) is 4.99 Å². The Morgan fingerprint density at radius 2 is 2.88 bits per heavy atom. The molecule has 1 aliphatic heterocycles. The number of aliphatic imine (C=N–C) groups is 1. The fourth-order valence-corrected chi connectivity index (χ4v) is 0.442. The first-order valence-corrected chi connectivity index (χ1v) is 2.34. The Kier molecular flexibility index (Phi) is 1.64. The molecule has 0 bridgehead atoms. The van der Waals surface area contributed by atoms with Gasteiger partial charge in [-0.1, -0.05) is 6.08 Å². The lowest BCUT2D eigenvalue weighted by Crippen LogP contribution is -2.10. The number of rotatable bonds is 2. The van der Waals surface area contributed by atoms with E-state index in [0.717, 1.165) is 12.6 Å². The molecule has 0 saturated heterocycles. The molecule has 1 rings (SSSR count). The number of hydrogen-bond acceptors (Lipinski definition) is 3. The summed E-state index contributed by atoms with van der Waals surface area (Å²) >= 11 is 0. The van der Waals surface area contributed by atoms with Crippen LogP contribution in [-0.4, -0.2) is 6.40 Å². The van der Waals surface area contributed by atoms with Crippen molar-refractivity contribution in [3.05, 3.63) is 18.8 Å². The lowest BCUT2D eigenvalue weighted by molar-refractivity contribution is 0.224. The normalized spacial score (nSPS) is 18.5. The van der Waals surface area contributed by atoms with Crippen LogP contribution < -0.4 is 5.48 Å². The summed E-state index contributed by atoms with van der Waals surface area (Å²) in [6, 6.07) is 0. The Labute approximate surface area is 48.0 Å². The van der Waals surface area contributed by atoms with Crippen molar-refractivity contribution in [2.45, 2.75) is 6.42 Å². The molecule has 0 saturated carbocycles. The largest absolute Gasteiger partial charge is 0.394 e. The van der Waals surface area contributed by atoms with E-state index in [1.807, 2.05) is 0 Å². The Morgan fingerprint density at radius 1 is 2.00 bits per heavy atom. The first-order valence-electron chi connectivity index (χ1n) is 2.34. The summed E-state index contributed by atoms with van der Waals surface area (Å²) in [5, 5.41) is 0. The van der Waals surface area contributed by atoms with Crippen molar-refractivity contribution < 1.29 is 4.84 Å². The minimum Gasteiger partial charge on any atom is -0.394 e. The van der Waals surface area contributed by atoms with Crippen molar-refractivity contribution in [3.8, 4) is 0 Å². The highest BCUT2D eigenvalue weighted by Crippen LogP contribution is 2.06. The second-order valence-corrected chi connectivity index (χ2v) is 1.39. The second-order valence-electron chi connectivity index (χ2n) is 1.39. The number of nitrogens with zero attached hydrogens (tertiary/aromatic N) is 1. The van der Waals surface area contributed by atoms with E-state index >= 15 is 0 Å². The van der Waals surface area contributed by atoms with Gasteiger partial charge in [0.2, 0.25) is 0 Å². The maximum atomic E-state index is 4.58. The van der Waals surface area contributed by atoms with E-state index in [2.05, 4.69) is 21.9 Å². The average Bonchev–Trinajstić information content (AvgIpc) is 2.19. The minimum atomic E-state index is 0.733. The quantitative estimate of drug-likeness (QED) is 0.530. The van der Waals surface area contributed by atoms with Crippen molar-refractivity contribution in [3.63, 3.8) is 0 Å². The van der Waals surface area contributed by atoms with Gasteiger partial charge in [0.05, 0.1) is 0 Å². The summed E-state index contributed by atoms with van der Waals surface area (Å²) < 4.78 is 0. The van der Waals surface area contributed by atoms with Crippen LogP contribution in [0.15, 0.2) is 17.6 Å². The van der Waals surface area contributed by atoms with Gasteiger partial charge in [-0.25, -0.2) is 4.99 Å². The number of hydroxylamine groups is 1. The number of nitrogens with one attached hydrogen (secondary N) is 1. The van der Waals surface area contributed by atoms with Gasteiger partial charge in [0.1, 0.15) is 0 Å². The van der Waals surface area contributed by atoms with E-state index in [9.17, 15) is 0 Å². The smallest absolute Gasteiger partial charge is 0.198 e. The van der Waals surface area contributed by atoms with E-state index in [0.29, 0.717) is 0 Å². The lowest BCUT2D eigenvalue weighted by atomic mass is 10.4. The van der Waals surface area contributed by atoms with E-state index in [-0.39, 0.29) is 0 Å². The van der Waals surface area contributed by atoms with Crippen molar-refractivity contribution >= 4 is 6.40 Å². The van der Waals surface area contributed by atoms with Crippen LogP contribution in [0.3, 0.4) is 0 Å². The molecule has 43 valence electrons. The molecular formula is C5H7N2O. The van der Waals surface area contributed by atoms with E-state index < -0.39 is 0 Å². The molecular weight excluding hydrogens is 104 g/mol. The third-order valence-corrected chi connectivity index (χ3v) is 0.776. The van der Waals surface area contributed by atoms with Crippen LogP contribution in [0.25, 0.3) is 0 Å². The summed E-state index contributed by atoms with van der Waals surface area (Å²) in [6.45, 7) is 3.53. The molecule has 3 nitrogen and oxygen atoms in total. The monoisotopic (exact) mass is 111 g/mol. The zero-order chi connectivity index (χ0) is 5.82. The topological polar surface area (TPSA) is 33.6 Å². The van der Waals surface area contributed by atoms with Gasteiger partial charge in [0.15, 0.2) is 12.6 Å². The summed E-state index contributed by atoms with van der Waals surface area (Å²) in [5.74, 6) is 0. The molecule has 0 aromatic carbocycles. The fourth-order valence-electron chi connectivity index (χ4n) is 0.442. The molecule has 0 aromatic rings. The molecule has 0 amide bonds. The van der Waals surface area contributed by atoms with Crippen LogP contribution in [0.4, 0.5) is 0 Å². The predicted octanol–water partition coefficient (Wildman–Crippen LogP) is 0.615. The third-order valence-electron chi connectivity index (χ3n) is 0.776. The fraction of sp³-hybridized carbons (Fsp3) is 0.200. The van der Waals surface area contributed by atoms with Gasteiger partial charge in [-0.05, 0) is 0 Å². The van der Waals surface area contributed by atoms with Crippen LogP contribution in [0.5, 0.6) is 0 Å². The van der Waals surface area contributed by atoms with Gasteiger partial charge in [-0.2, -0.15) is 0 Å². The van der Waals surface area contributed by atoms with E-state index in [1.54, 1.807) is 6.08 Å². The zero-order valence-electron chi connectivity index (χ0n) is 4.42. The third kappa shape index (κ3) is 1.07. The molecule has 0 atom stereocenters. The Bertz CT molecular complexity index is 111. The molecule has 1 heterocycles. The standard InChI is InChI=1S/C5H7N2O/c1-2-3-5-6-4-8-7-5/h2,4,7H,1,3H2. The highest BCUT2D eigenvalue weighted by atomic mass is 16.7. The van der Waals surface area contributed by atoms with Crippen molar-refractivity contribution in [1.29, 1.82) is 0 Å². The lowest BCUT2D eigenvalue weighted by Gasteiger charge is -1.97.